The molecule has 1 fully saturated rings. The average Bonchev–Trinajstić information content (AvgIpc) is 3.01. The van der Waals surface area contributed by atoms with Crippen molar-refractivity contribution < 1.29 is 22.8 Å². The molecule has 0 bridgehead atoms. The van der Waals surface area contributed by atoms with Crippen LogP contribution in [0.25, 0.3) is 0 Å². The van der Waals surface area contributed by atoms with Crippen molar-refractivity contribution in [1.82, 2.24) is 4.90 Å². The van der Waals surface area contributed by atoms with E-state index in [1.54, 1.807) is 24.3 Å². The minimum atomic E-state index is -3.80. The molecule has 1 unspecified atom stereocenters. The van der Waals surface area contributed by atoms with Gasteiger partial charge >= 0.3 is 0 Å². The summed E-state index contributed by atoms with van der Waals surface area (Å²) in [6, 6.07) is 12.3. The normalized spacial score (nSPS) is 16.7. The second kappa shape index (κ2) is 10.1. The lowest BCUT2D eigenvalue weighted by atomic mass is 9.91. The van der Waals surface area contributed by atoms with Gasteiger partial charge in [0.2, 0.25) is 21.8 Å². The van der Waals surface area contributed by atoms with Gasteiger partial charge in [0, 0.05) is 16.5 Å². The predicted octanol–water partition coefficient (Wildman–Crippen LogP) is 3.08. The van der Waals surface area contributed by atoms with Crippen LogP contribution < -0.4 is 10.0 Å². The molecule has 1 aliphatic rings. The molecule has 2 aromatic carbocycles. The zero-order chi connectivity index (χ0) is 25.3. The van der Waals surface area contributed by atoms with Crippen molar-refractivity contribution in [2.75, 3.05) is 11.4 Å². The number of carbonyl (C=O) groups is 3. The fraction of sp³-hybridized carbons (Fsp3) is 0.375. The Balaban J connectivity index is 1.84. The largest absolute Gasteiger partial charge is 0.330 e. The summed E-state index contributed by atoms with van der Waals surface area (Å²) in [6.07, 6.45) is 0.534. The van der Waals surface area contributed by atoms with E-state index in [1.165, 1.54) is 17.0 Å². The first-order valence-corrected chi connectivity index (χ1v) is 13.4. The third-order valence-electron chi connectivity index (χ3n) is 5.48. The van der Waals surface area contributed by atoms with Crippen LogP contribution in [0, 0.1) is 8.99 Å². The van der Waals surface area contributed by atoms with E-state index < -0.39 is 22.0 Å². The van der Waals surface area contributed by atoms with Gasteiger partial charge in [-0.15, -0.1) is 0 Å². The van der Waals surface area contributed by atoms with Crippen LogP contribution in [0.5, 0.6) is 0 Å². The molecule has 0 aliphatic carbocycles. The van der Waals surface area contributed by atoms with E-state index in [0.29, 0.717) is 12.1 Å². The maximum Gasteiger partial charge on any atom is 0.257 e. The van der Waals surface area contributed by atoms with Crippen LogP contribution in [0.4, 0.5) is 5.69 Å². The first-order valence-electron chi connectivity index (χ1n) is 10.8. The number of anilines is 1. The summed E-state index contributed by atoms with van der Waals surface area (Å²) in [5, 5.41) is 5.15. The predicted molar refractivity (Wildman–Crippen MR) is 137 cm³/mol. The molecule has 3 amide bonds. The van der Waals surface area contributed by atoms with Crippen LogP contribution in [-0.4, -0.2) is 43.6 Å². The zero-order valence-electron chi connectivity index (χ0n) is 19.3. The SMILES string of the molecule is CC(C)(C)CC(=O)N(CCc1ccc(S(N)(=O)=O)cc1)C1CC(=O)N(c2ccc(I)cc2)C1=O. The number of halogens is 1. The molecule has 1 saturated heterocycles. The second-order valence-corrected chi connectivity index (χ2v) is 12.3. The smallest absolute Gasteiger partial charge is 0.257 e. The number of sulfonamides is 1. The molecule has 2 N–H and O–H groups in total. The van der Waals surface area contributed by atoms with Gasteiger partial charge in [-0.3, -0.25) is 14.4 Å². The summed E-state index contributed by atoms with van der Waals surface area (Å²) in [5.41, 5.74) is 0.973. The van der Waals surface area contributed by atoms with Crippen molar-refractivity contribution in [2.24, 2.45) is 10.6 Å². The van der Waals surface area contributed by atoms with Crippen LogP contribution >= 0.6 is 22.6 Å². The Morgan fingerprint density at radius 1 is 1.09 bits per heavy atom. The van der Waals surface area contributed by atoms with Crippen molar-refractivity contribution in [3.63, 3.8) is 0 Å². The Morgan fingerprint density at radius 3 is 2.21 bits per heavy atom. The van der Waals surface area contributed by atoms with E-state index in [0.717, 1.165) is 14.0 Å². The maximum atomic E-state index is 13.3. The minimum Gasteiger partial charge on any atom is -0.330 e. The second-order valence-electron chi connectivity index (χ2n) is 9.53. The van der Waals surface area contributed by atoms with E-state index in [2.05, 4.69) is 22.6 Å². The highest BCUT2D eigenvalue weighted by Gasteiger charge is 2.44. The third-order valence-corrected chi connectivity index (χ3v) is 7.13. The Bertz CT molecular complexity index is 1190. The lowest BCUT2D eigenvalue weighted by molar-refractivity contribution is -0.139. The van der Waals surface area contributed by atoms with Gasteiger partial charge in [-0.1, -0.05) is 32.9 Å². The van der Waals surface area contributed by atoms with E-state index in [1.807, 2.05) is 32.9 Å². The molecule has 0 radical (unpaired) electrons. The molecule has 34 heavy (non-hydrogen) atoms. The van der Waals surface area contributed by atoms with E-state index in [-0.39, 0.29) is 41.5 Å². The summed E-state index contributed by atoms with van der Waals surface area (Å²) >= 11 is 2.15. The highest BCUT2D eigenvalue weighted by atomic mass is 127. The Morgan fingerprint density at radius 2 is 1.68 bits per heavy atom. The van der Waals surface area contributed by atoms with Gasteiger partial charge < -0.3 is 4.90 Å². The van der Waals surface area contributed by atoms with Crippen molar-refractivity contribution >= 4 is 56.0 Å². The van der Waals surface area contributed by atoms with Crippen molar-refractivity contribution in [1.29, 1.82) is 0 Å². The first-order chi connectivity index (χ1) is 15.8. The number of hydrogen-bond acceptors (Lipinski definition) is 5. The standard InChI is InChI=1S/C24H28IN3O5S/c1-24(2,3)15-22(30)27(13-12-16-4-10-19(11-5-16)34(26,32)33)20-14-21(29)28(23(20)31)18-8-6-17(25)7-9-18/h4-11,20H,12-15H2,1-3H3,(H2,26,32,33). The molecular weight excluding hydrogens is 569 g/mol. The molecule has 182 valence electrons. The molecule has 0 aromatic heterocycles. The summed E-state index contributed by atoms with van der Waals surface area (Å²) in [5.74, 6) is -0.968. The number of rotatable bonds is 7. The number of imide groups is 1. The van der Waals surface area contributed by atoms with Gasteiger partial charge in [-0.05, 0) is 76.4 Å². The Hall–Kier alpha value is -2.31. The monoisotopic (exact) mass is 597 g/mol. The van der Waals surface area contributed by atoms with Gasteiger partial charge in [0.15, 0.2) is 0 Å². The van der Waals surface area contributed by atoms with Gasteiger partial charge in [-0.2, -0.15) is 0 Å². The van der Waals surface area contributed by atoms with Gasteiger partial charge in [0.1, 0.15) is 6.04 Å². The fourth-order valence-corrected chi connectivity index (χ4v) is 4.70. The number of amides is 3. The number of nitrogens with zero attached hydrogens (tertiary/aromatic N) is 2. The van der Waals surface area contributed by atoms with Crippen molar-refractivity contribution in [3.05, 3.63) is 57.7 Å². The summed E-state index contributed by atoms with van der Waals surface area (Å²) < 4.78 is 24.0. The summed E-state index contributed by atoms with van der Waals surface area (Å²) in [4.78, 5) is 42.0. The zero-order valence-corrected chi connectivity index (χ0v) is 22.3. The van der Waals surface area contributed by atoms with E-state index in [4.69, 9.17) is 5.14 Å². The summed E-state index contributed by atoms with van der Waals surface area (Å²) in [6.45, 7) is 6.03. The number of benzene rings is 2. The lowest BCUT2D eigenvalue weighted by Gasteiger charge is -2.30. The van der Waals surface area contributed by atoms with Crippen molar-refractivity contribution in [3.8, 4) is 0 Å². The van der Waals surface area contributed by atoms with Crippen LogP contribution in [0.15, 0.2) is 53.4 Å². The Labute approximate surface area is 213 Å². The number of hydrogen-bond donors (Lipinski definition) is 1. The van der Waals surface area contributed by atoms with Gasteiger partial charge in [-0.25, -0.2) is 18.5 Å². The van der Waals surface area contributed by atoms with Crippen LogP contribution in [0.2, 0.25) is 0 Å². The van der Waals surface area contributed by atoms with Crippen LogP contribution in [0.3, 0.4) is 0 Å². The summed E-state index contributed by atoms with van der Waals surface area (Å²) in [7, 11) is -3.80. The Kier molecular flexibility index (Phi) is 7.83. The highest BCUT2D eigenvalue weighted by molar-refractivity contribution is 14.1. The van der Waals surface area contributed by atoms with Crippen LogP contribution in [0.1, 0.15) is 39.2 Å². The van der Waals surface area contributed by atoms with E-state index >= 15 is 0 Å². The van der Waals surface area contributed by atoms with Crippen LogP contribution in [-0.2, 0) is 30.8 Å². The molecule has 8 nitrogen and oxygen atoms in total. The lowest BCUT2D eigenvalue weighted by Crippen LogP contribution is -2.47. The molecule has 10 heteroatoms. The third kappa shape index (κ3) is 6.42. The number of carbonyl (C=O) groups excluding carboxylic acids is 3. The molecular formula is C24H28IN3O5S. The molecule has 1 aliphatic heterocycles. The highest BCUT2D eigenvalue weighted by Crippen LogP contribution is 2.29. The molecule has 1 atom stereocenters. The quantitative estimate of drug-likeness (QED) is 0.389. The minimum absolute atomic E-state index is 0.00152. The number of nitrogens with two attached hydrogens (primary N) is 1. The van der Waals surface area contributed by atoms with E-state index in [9.17, 15) is 22.8 Å². The maximum absolute atomic E-state index is 13.3. The molecule has 1 heterocycles. The first kappa shape index (κ1) is 26.3. The van der Waals surface area contributed by atoms with Gasteiger partial charge in [0.25, 0.3) is 5.91 Å². The van der Waals surface area contributed by atoms with Crippen molar-refractivity contribution in [2.45, 2.75) is 51.0 Å². The molecule has 0 saturated carbocycles. The molecule has 3 rings (SSSR count). The van der Waals surface area contributed by atoms with Gasteiger partial charge in [0.05, 0.1) is 17.0 Å². The topological polar surface area (TPSA) is 118 Å². The number of primary sulfonamides is 1. The molecule has 2 aromatic rings. The average molecular weight is 597 g/mol. The molecule has 0 spiro atoms. The fourth-order valence-electron chi connectivity index (χ4n) is 3.83.